The van der Waals surface area contributed by atoms with Gasteiger partial charge in [0.1, 0.15) is 12.1 Å². The van der Waals surface area contributed by atoms with Gasteiger partial charge >= 0.3 is 0 Å². The van der Waals surface area contributed by atoms with Crippen LogP contribution >= 0.6 is 0 Å². The molecule has 0 unspecified atom stereocenters. The highest BCUT2D eigenvalue weighted by Crippen LogP contribution is 2.35. The Balaban J connectivity index is 1.18. The lowest BCUT2D eigenvalue weighted by atomic mass is 9.83. The summed E-state index contributed by atoms with van der Waals surface area (Å²) in [5.41, 5.74) is 2.80. The maximum absolute atomic E-state index is 12.3. The molecule has 4 heterocycles. The van der Waals surface area contributed by atoms with Gasteiger partial charge in [0.25, 0.3) is 5.56 Å². The molecule has 2 aliphatic rings. The van der Waals surface area contributed by atoms with Gasteiger partial charge in [0.15, 0.2) is 0 Å². The minimum Gasteiger partial charge on any atom is -0.354 e. The van der Waals surface area contributed by atoms with Gasteiger partial charge in [-0.1, -0.05) is 6.42 Å². The van der Waals surface area contributed by atoms with Crippen molar-refractivity contribution in [3.8, 4) is 11.3 Å². The van der Waals surface area contributed by atoms with Gasteiger partial charge < -0.3 is 4.90 Å². The molecule has 0 spiro atoms. The van der Waals surface area contributed by atoms with Crippen LogP contribution in [0.25, 0.3) is 11.3 Å². The van der Waals surface area contributed by atoms with Crippen molar-refractivity contribution in [3.63, 3.8) is 0 Å². The van der Waals surface area contributed by atoms with Crippen molar-refractivity contribution in [2.24, 2.45) is 0 Å². The van der Waals surface area contributed by atoms with Gasteiger partial charge in [-0.2, -0.15) is 5.10 Å². The van der Waals surface area contributed by atoms with Crippen molar-refractivity contribution in [1.82, 2.24) is 29.6 Å². The molecule has 8 heteroatoms. The van der Waals surface area contributed by atoms with E-state index in [1.807, 2.05) is 12.1 Å². The van der Waals surface area contributed by atoms with Crippen LogP contribution in [-0.2, 0) is 6.54 Å². The van der Waals surface area contributed by atoms with E-state index in [-0.39, 0.29) is 5.56 Å². The maximum atomic E-state index is 12.3. The molecular formula is C23H27N7O. The van der Waals surface area contributed by atoms with Gasteiger partial charge in [0, 0.05) is 74.4 Å². The van der Waals surface area contributed by atoms with Crippen LogP contribution in [-0.4, -0.2) is 62.4 Å². The zero-order valence-corrected chi connectivity index (χ0v) is 17.6. The Morgan fingerprint density at radius 2 is 1.87 bits per heavy atom. The van der Waals surface area contributed by atoms with E-state index in [1.165, 1.54) is 25.0 Å². The quantitative estimate of drug-likeness (QED) is 0.608. The van der Waals surface area contributed by atoms with Crippen molar-refractivity contribution in [3.05, 3.63) is 65.1 Å². The van der Waals surface area contributed by atoms with E-state index in [1.54, 1.807) is 35.5 Å². The number of aromatic nitrogens is 5. The van der Waals surface area contributed by atoms with E-state index >= 15 is 0 Å². The average molecular weight is 418 g/mol. The van der Waals surface area contributed by atoms with Crippen LogP contribution in [0.3, 0.4) is 0 Å². The molecule has 1 saturated carbocycles. The van der Waals surface area contributed by atoms with Crippen LogP contribution in [0.2, 0.25) is 0 Å². The third kappa shape index (κ3) is 4.49. The van der Waals surface area contributed by atoms with E-state index in [0.717, 1.165) is 49.8 Å². The Morgan fingerprint density at radius 3 is 2.61 bits per heavy atom. The lowest BCUT2D eigenvalue weighted by Gasteiger charge is -2.35. The fourth-order valence-electron chi connectivity index (χ4n) is 4.18. The minimum atomic E-state index is -0.0733. The number of rotatable bonds is 6. The van der Waals surface area contributed by atoms with Crippen molar-refractivity contribution >= 4 is 5.82 Å². The highest BCUT2D eigenvalue weighted by atomic mass is 16.1. The van der Waals surface area contributed by atoms with Crippen LogP contribution in [0.1, 0.15) is 30.9 Å². The first-order chi connectivity index (χ1) is 15.3. The first-order valence-corrected chi connectivity index (χ1v) is 11.0. The minimum absolute atomic E-state index is 0.0733. The third-order valence-corrected chi connectivity index (χ3v) is 6.35. The second kappa shape index (κ2) is 8.93. The zero-order chi connectivity index (χ0) is 21.0. The summed E-state index contributed by atoms with van der Waals surface area (Å²) in [4.78, 5) is 30.1. The summed E-state index contributed by atoms with van der Waals surface area (Å²) in [6.07, 6.45) is 9.02. The van der Waals surface area contributed by atoms with Crippen LogP contribution < -0.4 is 10.5 Å². The second-order valence-corrected chi connectivity index (χ2v) is 8.28. The average Bonchev–Trinajstić information content (AvgIpc) is 2.79. The van der Waals surface area contributed by atoms with Crippen molar-refractivity contribution in [2.45, 2.75) is 31.7 Å². The van der Waals surface area contributed by atoms with Crippen LogP contribution in [0.5, 0.6) is 0 Å². The normalized spacial score (nSPS) is 17.5. The van der Waals surface area contributed by atoms with Gasteiger partial charge in [-0.25, -0.2) is 14.6 Å². The summed E-state index contributed by atoms with van der Waals surface area (Å²) >= 11 is 0. The van der Waals surface area contributed by atoms with Gasteiger partial charge in [-0.15, -0.1) is 0 Å². The summed E-state index contributed by atoms with van der Waals surface area (Å²) in [5.74, 6) is 1.66. The molecular weight excluding hydrogens is 390 g/mol. The molecule has 0 N–H and O–H groups in total. The molecule has 160 valence electrons. The third-order valence-electron chi connectivity index (χ3n) is 6.35. The highest BCUT2D eigenvalue weighted by Gasteiger charge is 2.23. The standard InChI is InChI=1S/C23H27N7O/c31-23-7-6-20(19-5-2-8-24-16-19)27-30(23)14-11-28-9-12-29(13-10-28)22-15-21(25-17-26-22)18-3-1-4-18/h2,5-8,15-18H,1,3-4,9-14H2. The van der Waals surface area contributed by atoms with Gasteiger partial charge in [0.2, 0.25) is 0 Å². The summed E-state index contributed by atoms with van der Waals surface area (Å²) < 4.78 is 1.56. The molecule has 0 amide bonds. The summed E-state index contributed by atoms with van der Waals surface area (Å²) in [6.45, 7) is 5.12. The topological polar surface area (TPSA) is 80.0 Å². The molecule has 0 radical (unpaired) electrons. The van der Waals surface area contributed by atoms with Crippen LogP contribution in [0, 0.1) is 0 Å². The fraction of sp³-hybridized carbons (Fsp3) is 0.435. The van der Waals surface area contributed by atoms with E-state index in [0.29, 0.717) is 12.5 Å². The molecule has 0 atom stereocenters. The molecule has 3 aromatic rings. The molecule has 1 aliphatic carbocycles. The first-order valence-electron chi connectivity index (χ1n) is 11.0. The zero-order valence-electron chi connectivity index (χ0n) is 17.6. The monoisotopic (exact) mass is 417 g/mol. The Labute approximate surface area is 181 Å². The smallest absolute Gasteiger partial charge is 0.266 e. The maximum Gasteiger partial charge on any atom is 0.266 e. The molecule has 0 bridgehead atoms. The molecule has 5 rings (SSSR count). The predicted octanol–water partition coefficient (Wildman–Crippen LogP) is 2.19. The Bertz CT molecular complexity index is 1070. The molecule has 3 aromatic heterocycles. The second-order valence-electron chi connectivity index (χ2n) is 8.28. The Morgan fingerprint density at radius 1 is 1.00 bits per heavy atom. The lowest BCUT2D eigenvalue weighted by Crippen LogP contribution is -2.48. The van der Waals surface area contributed by atoms with E-state index in [9.17, 15) is 4.79 Å². The van der Waals surface area contributed by atoms with E-state index < -0.39 is 0 Å². The summed E-state index contributed by atoms with van der Waals surface area (Å²) in [6, 6.07) is 9.34. The van der Waals surface area contributed by atoms with Gasteiger partial charge in [0.05, 0.1) is 12.2 Å². The van der Waals surface area contributed by atoms with Crippen molar-refractivity contribution < 1.29 is 0 Å². The van der Waals surface area contributed by atoms with Crippen molar-refractivity contribution in [1.29, 1.82) is 0 Å². The van der Waals surface area contributed by atoms with Crippen LogP contribution in [0.4, 0.5) is 5.82 Å². The number of pyridine rings is 1. The van der Waals surface area contributed by atoms with Gasteiger partial charge in [-0.05, 0) is 31.0 Å². The number of piperazine rings is 1. The van der Waals surface area contributed by atoms with Gasteiger partial charge in [-0.3, -0.25) is 14.7 Å². The number of anilines is 1. The van der Waals surface area contributed by atoms with Crippen LogP contribution in [0.15, 0.2) is 53.8 Å². The Kier molecular flexibility index (Phi) is 5.71. The predicted molar refractivity (Wildman–Crippen MR) is 119 cm³/mol. The SMILES string of the molecule is O=c1ccc(-c2cccnc2)nn1CCN1CCN(c2cc(C3CCC3)ncn2)CC1. The summed E-state index contributed by atoms with van der Waals surface area (Å²) in [5, 5.41) is 4.54. The number of hydrogen-bond acceptors (Lipinski definition) is 7. The van der Waals surface area contributed by atoms with E-state index in [2.05, 4.69) is 35.9 Å². The molecule has 8 nitrogen and oxygen atoms in total. The van der Waals surface area contributed by atoms with E-state index in [4.69, 9.17) is 0 Å². The molecule has 0 aromatic carbocycles. The summed E-state index contributed by atoms with van der Waals surface area (Å²) in [7, 11) is 0. The first kappa shape index (κ1) is 19.8. The largest absolute Gasteiger partial charge is 0.354 e. The highest BCUT2D eigenvalue weighted by molar-refractivity contribution is 5.56. The lowest BCUT2D eigenvalue weighted by molar-refractivity contribution is 0.242. The molecule has 1 saturated heterocycles. The Hall–Kier alpha value is -3.13. The molecule has 31 heavy (non-hydrogen) atoms. The fourth-order valence-corrected chi connectivity index (χ4v) is 4.18. The number of hydrogen-bond donors (Lipinski definition) is 0. The van der Waals surface area contributed by atoms with Crippen molar-refractivity contribution in [2.75, 3.05) is 37.6 Å². The molecule has 2 fully saturated rings. The number of nitrogens with zero attached hydrogens (tertiary/aromatic N) is 7. The molecule has 1 aliphatic heterocycles.